The maximum Gasteiger partial charge on any atom is 0.255 e. The molecule has 0 aliphatic heterocycles. The zero-order valence-electron chi connectivity index (χ0n) is 19.1. The Balaban J connectivity index is 1.73. The topological polar surface area (TPSA) is 79.5 Å². The number of para-hydroxylation sites is 1. The first kappa shape index (κ1) is 23.8. The molecule has 0 radical (unpaired) electrons. The highest BCUT2D eigenvalue weighted by Gasteiger charge is 2.17. The second-order valence-corrected chi connectivity index (χ2v) is 7.98. The lowest BCUT2D eigenvalue weighted by molar-refractivity contribution is -0.116. The lowest BCUT2D eigenvalue weighted by Crippen LogP contribution is -2.32. The van der Waals surface area contributed by atoms with Gasteiger partial charge in [0.2, 0.25) is 5.91 Å². The number of hydrogen-bond acceptors (Lipinski definition) is 4. The van der Waals surface area contributed by atoms with Crippen LogP contribution in [0.25, 0.3) is 0 Å². The number of rotatable bonds is 8. The van der Waals surface area contributed by atoms with Crippen molar-refractivity contribution in [3.05, 3.63) is 83.7 Å². The Morgan fingerprint density at radius 3 is 2.33 bits per heavy atom. The summed E-state index contributed by atoms with van der Waals surface area (Å²) in [7, 11) is 1.49. The lowest BCUT2D eigenvalue weighted by Gasteiger charge is -2.19. The van der Waals surface area contributed by atoms with Crippen LogP contribution in [-0.2, 0) is 4.79 Å². The number of benzene rings is 3. The lowest BCUT2D eigenvalue weighted by atomic mass is 10.0. The highest BCUT2D eigenvalue weighted by molar-refractivity contribution is 6.05. The van der Waals surface area contributed by atoms with Gasteiger partial charge in [-0.25, -0.2) is 4.39 Å². The molecule has 3 rings (SSSR count). The SMILES string of the molecule is COc1ccc(NC(C)C(=O)Nc2ccccc2C(C)C)cc1NC(=O)c1cccc(F)c1. The van der Waals surface area contributed by atoms with Crippen LogP contribution < -0.4 is 20.7 Å². The summed E-state index contributed by atoms with van der Waals surface area (Å²) in [6, 6.07) is 17.7. The minimum atomic E-state index is -0.551. The van der Waals surface area contributed by atoms with Crippen LogP contribution in [0.5, 0.6) is 5.75 Å². The number of nitrogens with one attached hydrogen (secondary N) is 3. The van der Waals surface area contributed by atoms with Gasteiger partial charge in [-0.3, -0.25) is 9.59 Å². The molecule has 172 valence electrons. The van der Waals surface area contributed by atoms with Gasteiger partial charge in [0, 0.05) is 16.9 Å². The quantitative estimate of drug-likeness (QED) is 0.415. The summed E-state index contributed by atoms with van der Waals surface area (Å²) in [5.74, 6) is -0.446. The second kappa shape index (κ2) is 10.6. The molecule has 0 aliphatic rings. The van der Waals surface area contributed by atoms with Gasteiger partial charge in [-0.1, -0.05) is 38.1 Å². The summed E-state index contributed by atoms with van der Waals surface area (Å²) in [5, 5.41) is 8.86. The zero-order valence-corrected chi connectivity index (χ0v) is 19.1. The molecule has 0 aliphatic carbocycles. The van der Waals surface area contributed by atoms with E-state index in [0.717, 1.165) is 17.3 Å². The van der Waals surface area contributed by atoms with Crippen LogP contribution in [0.4, 0.5) is 21.5 Å². The number of anilines is 3. The van der Waals surface area contributed by atoms with E-state index in [9.17, 15) is 14.0 Å². The summed E-state index contributed by atoms with van der Waals surface area (Å²) < 4.78 is 18.8. The van der Waals surface area contributed by atoms with E-state index in [1.165, 1.54) is 25.3 Å². The van der Waals surface area contributed by atoms with Crippen molar-refractivity contribution in [2.24, 2.45) is 0 Å². The van der Waals surface area contributed by atoms with Crippen LogP contribution in [0.2, 0.25) is 0 Å². The molecule has 0 bridgehead atoms. The molecule has 7 heteroatoms. The van der Waals surface area contributed by atoms with Crippen LogP contribution in [0.1, 0.15) is 42.6 Å². The molecule has 3 aromatic rings. The first-order valence-electron chi connectivity index (χ1n) is 10.7. The first-order chi connectivity index (χ1) is 15.8. The van der Waals surface area contributed by atoms with Gasteiger partial charge < -0.3 is 20.7 Å². The summed E-state index contributed by atoms with van der Waals surface area (Å²) >= 11 is 0. The first-order valence-corrected chi connectivity index (χ1v) is 10.7. The minimum absolute atomic E-state index is 0.187. The second-order valence-electron chi connectivity index (χ2n) is 7.98. The van der Waals surface area contributed by atoms with E-state index in [1.54, 1.807) is 25.1 Å². The molecule has 33 heavy (non-hydrogen) atoms. The fourth-order valence-electron chi connectivity index (χ4n) is 3.39. The Bertz CT molecular complexity index is 1150. The Morgan fingerprint density at radius 2 is 1.64 bits per heavy atom. The molecular weight excluding hydrogens is 421 g/mol. The number of ether oxygens (including phenoxy) is 1. The van der Waals surface area contributed by atoms with Crippen LogP contribution in [0.3, 0.4) is 0 Å². The number of carbonyl (C=O) groups is 2. The third-order valence-corrected chi connectivity index (χ3v) is 5.15. The van der Waals surface area contributed by atoms with Crippen LogP contribution in [-0.4, -0.2) is 25.0 Å². The van der Waals surface area contributed by atoms with Gasteiger partial charge in [-0.15, -0.1) is 0 Å². The number of hydrogen-bond donors (Lipinski definition) is 3. The van der Waals surface area contributed by atoms with Crippen LogP contribution >= 0.6 is 0 Å². The predicted molar refractivity (Wildman–Crippen MR) is 130 cm³/mol. The van der Waals surface area contributed by atoms with Crippen molar-refractivity contribution in [3.8, 4) is 5.75 Å². The third kappa shape index (κ3) is 6.10. The highest BCUT2D eigenvalue weighted by atomic mass is 19.1. The fraction of sp³-hybridized carbons (Fsp3) is 0.231. The minimum Gasteiger partial charge on any atom is -0.495 e. The van der Waals surface area contributed by atoms with E-state index < -0.39 is 17.8 Å². The molecule has 0 aromatic heterocycles. The van der Waals surface area contributed by atoms with Gasteiger partial charge >= 0.3 is 0 Å². The maximum absolute atomic E-state index is 13.5. The van der Waals surface area contributed by atoms with Gasteiger partial charge in [-0.05, 0) is 60.9 Å². The van der Waals surface area contributed by atoms with E-state index in [0.29, 0.717) is 17.1 Å². The third-order valence-electron chi connectivity index (χ3n) is 5.15. The molecule has 0 spiro atoms. The Labute approximate surface area is 193 Å². The molecule has 6 nitrogen and oxygen atoms in total. The van der Waals surface area contributed by atoms with Crippen LogP contribution in [0.15, 0.2) is 66.7 Å². The highest BCUT2D eigenvalue weighted by Crippen LogP contribution is 2.29. The number of halogens is 1. The Morgan fingerprint density at radius 1 is 0.879 bits per heavy atom. The largest absolute Gasteiger partial charge is 0.495 e. The molecule has 3 aromatic carbocycles. The molecular formula is C26H28FN3O3. The summed E-state index contributed by atoms with van der Waals surface area (Å²) in [4.78, 5) is 25.3. The van der Waals surface area contributed by atoms with Crippen molar-refractivity contribution in [2.45, 2.75) is 32.7 Å². The van der Waals surface area contributed by atoms with Crippen molar-refractivity contribution in [1.82, 2.24) is 0 Å². The maximum atomic E-state index is 13.5. The van der Waals surface area contributed by atoms with E-state index >= 15 is 0 Å². The van der Waals surface area contributed by atoms with Gasteiger partial charge in [0.1, 0.15) is 17.6 Å². The average Bonchev–Trinajstić information content (AvgIpc) is 2.79. The molecule has 0 saturated heterocycles. The van der Waals surface area contributed by atoms with Crippen LogP contribution in [0, 0.1) is 5.82 Å². The molecule has 1 unspecified atom stereocenters. The van der Waals surface area contributed by atoms with E-state index in [1.807, 2.05) is 24.3 Å². The zero-order chi connectivity index (χ0) is 24.0. The van der Waals surface area contributed by atoms with Crippen molar-refractivity contribution in [3.63, 3.8) is 0 Å². The Kier molecular flexibility index (Phi) is 7.66. The summed E-state index contributed by atoms with van der Waals surface area (Å²) in [6.07, 6.45) is 0. The number of amides is 2. The smallest absolute Gasteiger partial charge is 0.255 e. The molecule has 0 fully saturated rings. The van der Waals surface area contributed by atoms with Crippen molar-refractivity contribution < 1.29 is 18.7 Å². The average molecular weight is 450 g/mol. The van der Waals surface area contributed by atoms with E-state index in [2.05, 4.69) is 29.8 Å². The standard InChI is InChI=1S/C26H28FN3O3/c1-16(2)21-10-5-6-11-22(21)29-25(31)17(3)28-20-12-13-24(33-4)23(15-20)30-26(32)18-8-7-9-19(27)14-18/h5-17,28H,1-4H3,(H,29,31)(H,30,32). The van der Waals surface area contributed by atoms with Gasteiger partial charge in [0.15, 0.2) is 0 Å². The normalized spacial score (nSPS) is 11.6. The molecule has 3 N–H and O–H groups in total. The van der Waals surface area contributed by atoms with Gasteiger partial charge in [-0.2, -0.15) is 0 Å². The molecule has 0 heterocycles. The number of methoxy groups -OCH3 is 1. The van der Waals surface area contributed by atoms with Crippen molar-refractivity contribution in [2.75, 3.05) is 23.1 Å². The molecule has 2 amide bonds. The van der Waals surface area contributed by atoms with Gasteiger partial charge in [0.25, 0.3) is 5.91 Å². The van der Waals surface area contributed by atoms with Crippen molar-refractivity contribution >= 4 is 28.9 Å². The predicted octanol–water partition coefficient (Wildman–Crippen LogP) is 5.65. The fourth-order valence-corrected chi connectivity index (χ4v) is 3.39. The van der Waals surface area contributed by atoms with Gasteiger partial charge in [0.05, 0.1) is 12.8 Å². The summed E-state index contributed by atoms with van der Waals surface area (Å²) in [5.41, 5.74) is 3.04. The van der Waals surface area contributed by atoms with Crippen molar-refractivity contribution in [1.29, 1.82) is 0 Å². The monoisotopic (exact) mass is 449 g/mol. The Hall–Kier alpha value is -3.87. The summed E-state index contributed by atoms with van der Waals surface area (Å²) in [6.45, 7) is 5.90. The van der Waals surface area contributed by atoms with E-state index in [-0.39, 0.29) is 17.4 Å². The van der Waals surface area contributed by atoms with E-state index in [4.69, 9.17) is 4.74 Å². The molecule has 0 saturated carbocycles. The molecule has 1 atom stereocenters. The number of carbonyl (C=O) groups excluding carboxylic acids is 2.